The average molecular weight is 270 g/mol. The fourth-order valence-electron chi connectivity index (χ4n) is 1.88. The lowest BCUT2D eigenvalue weighted by molar-refractivity contribution is 0.0350. The van der Waals surface area contributed by atoms with E-state index in [-0.39, 0.29) is 18.1 Å². The maximum Gasteiger partial charge on any atom is 0.352 e. The molecular weight excluding hydrogens is 260 g/mol. The second kappa shape index (κ2) is 4.26. The van der Waals surface area contributed by atoms with Gasteiger partial charge in [0.2, 0.25) is 0 Å². The zero-order valence-corrected chi connectivity index (χ0v) is 9.94. The summed E-state index contributed by atoms with van der Waals surface area (Å²) >= 11 is 1.48. The number of aromatic nitrogens is 4. The number of aliphatic hydroxyl groups excluding tert-OH is 1. The van der Waals surface area contributed by atoms with E-state index in [2.05, 4.69) is 15.1 Å². The topological polar surface area (TPSA) is 112 Å². The molecule has 0 saturated carbocycles. The van der Waals surface area contributed by atoms with E-state index in [1.54, 1.807) is 0 Å². The standard InChI is InChI=1S/C9H10N4O4S/c14-2-6-17-5(3-18-6)4-1-10-13-7(4)11-8(15)12-9(13)16/h1,5-6,14H,2-3H2,(H2,11,12,15,16)/t5-,6+/m1/s1. The lowest BCUT2D eigenvalue weighted by Gasteiger charge is -2.08. The fourth-order valence-corrected chi connectivity index (χ4v) is 2.85. The molecule has 1 aliphatic rings. The van der Waals surface area contributed by atoms with Crippen LogP contribution in [0, 0.1) is 0 Å². The minimum atomic E-state index is -0.593. The van der Waals surface area contributed by atoms with Gasteiger partial charge in [0.15, 0.2) is 0 Å². The molecule has 1 fully saturated rings. The number of thioether (sulfide) groups is 1. The Labute approximate surface area is 104 Å². The van der Waals surface area contributed by atoms with Crippen LogP contribution in [0.2, 0.25) is 0 Å². The van der Waals surface area contributed by atoms with E-state index in [1.165, 1.54) is 18.0 Å². The highest BCUT2D eigenvalue weighted by atomic mass is 32.2. The van der Waals surface area contributed by atoms with Crippen LogP contribution in [0.15, 0.2) is 15.8 Å². The molecule has 3 heterocycles. The maximum atomic E-state index is 11.5. The van der Waals surface area contributed by atoms with Crippen LogP contribution in [-0.2, 0) is 4.74 Å². The average Bonchev–Trinajstić information content (AvgIpc) is 2.93. The molecule has 0 radical (unpaired) electrons. The summed E-state index contributed by atoms with van der Waals surface area (Å²) in [6, 6.07) is 0. The molecule has 0 amide bonds. The van der Waals surface area contributed by atoms with Crippen LogP contribution >= 0.6 is 11.8 Å². The summed E-state index contributed by atoms with van der Waals surface area (Å²) in [7, 11) is 0. The Bertz CT molecular complexity index is 690. The van der Waals surface area contributed by atoms with Crippen molar-refractivity contribution in [3.63, 3.8) is 0 Å². The molecule has 18 heavy (non-hydrogen) atoms. The van der Waals surface area contributed by atoms with Crippen molar-refractivity contribution in [1.82, 2.24) is 19.6 Å². The number of hydrogen-bond donors (Lipinski definition) is 3. The Kier molecular flexibility index (Phi) is 2.73. The first-order valence-electron chi connectivity index (χ1n) is 5.27. The molecule has 1 saturated heterocycles. The summed E-state index contributed by atoms with van der Waals surface area (Å²) < 4.78 is 6.65. The van der Waals surface area contributed by atoms with Crippen molar-refractivity contribution in [3.05, 3.63) is 32.7 Å². The molecule has 2 aromatic rings. The van der Waals surface area contributed by atoms with Gasteiger partial charge in [-0.3, -0.25) is 9.97 Å². The maximum absolute atomic E-state index is 11.5. The molecule has 0 aliphatic carbocycles. The van der Waals surface area contributed by atoms with Crippen LogP contribution < -0.4 is 11.4 Å². The highest BCUT2D eigenvalue weighted by Gasteiger charge is 2.29. The number of aromatic amines is 2. The van der Waals surface area contributed by atoms with Crippen LogP contribution in [0.4, 0.5) is 0 Å². The van der Waals surface area contributed by atoms with Gasteiger partial charge in [0.05, 0.1) is 18.9 Å². The van der Waals surface area contributed by atoms with Gasteiger partial charge in [0.25, 0.3) is 0 Å². The Morgan fingerprint density at radius 1 is 1.56 bits per heavy atom. The predicted molar refractivity (Wildman–Crippen MR) is 63.6 cm³/mol. The number of nitrogens with zero attached hydrogens (tertiary/aromatic N) is 2. The number of fused-ring (bicyclic) bond motifs is 1. The summed E-state index contributed by atoms with van der Waals surface area (Å²) in [4.78, 5) is 27.3. The number of nitrogens with one attached hydrogen (secondary N) is 2. The molecule has 3 N–H and O–H groups in total. The van der Waals surface area contributed by atoms with Gasteiger partial charge in [0, 0.05) is 11.3 Å². The third kappa shape index (κ3) is 1.76. The number of rotatable bonds is 2. The summed E-state index contributed by atoms with van der Waals surface area (Å²) in [5.41, 5.74) is -0.490. The van der Waals surface area contributed by atoms with Crippen LogP contribution in [-0.4, -0.2) is 42.5 Å². The van der Waals surface area contributed by atoms with E-state index in [1.807, 2.05) is 0 Å². The predicted octanol–water partition coefficient (Wildman–Crippen LogP) is -1.17. The molecule has 0 spiro atoms. The first-order valence-corrected chi connectivity index (χ1v) is 6.32. The SMILES string of the molecule is O=c1[nH]c(=O)n2ncc([C@H]3CS[C@@H](CO)O3)c2[nH]1. The number of hydrogen-bond acceptors (Lipinski definition) is 6. The largest absolute Gasteiger partial charge is 0.393 e. The molecule has 1 aliphatic heterocycles. The lowest BCUT2D eigenvalue weighted by Crippen LogP contribution is -2.28. The van der Waals surface area contributed by atoms with Crippen molar-refractivity contribution in [3.8, 4) is 0 Å². The molecule has 0 bridgehead atoms. The van der Waals surface area contributed by atoms with E-state index >= 15 is 0 Å². The number of H-pyrrole nitrogens is 2. The van der Waals surface area contributed by atoms with Crippen molar-refractivity contribution in [2.24, 2.45) is 0 Å². The van der Waals surface area contributed by atoms with Crippen molar-refractivity contribution in [2.45, 2.75) is 11.5 Å². The van der Waals surface area contributed by atoms with E-state index in [4.69, 9.17) is 9.84 Å². The van der Waals surface area contributed by atoms with Crippen molar-refractivity contribution in [1.29, 1.82) is 0 Å². The Balaban J connectivity index is 2.08. The van der Waals surface area contributed by atoms with Gasteiger partial charge in [-0.2, -0.15) is 9.61 Å². The lowest BCUT2D eigenvalue weighted by atomic mass is 10.2. The Morgan fingerprint density at radius 3 is 3.11 bits per heavy atom. The molecule has 2 aromatic heterocycles. The Hall–Kier alpha value is -1.58. The molecule has 9 heteroatoms. The fraction of sp³-hybridized carbons (Fsp3) is 0.444. The van der Waals surface area contributed by atoms with Crippen LogP contribution in [0.25, 0.3) is 5.65 Å². The summed E-state index contributed by atoms with van der Waals surface area (Å²) in [6.07, 6.45) is 1.20. The van der Waals surface area contributed by atoms with Crippen LogP contribution in [0.1, 0.15) is 11.7 Å². The van der Waals surface area contributed by atoms with Crippen molar-refractivity contribution in [2.75, 3.05) is 12.4 Å². The highest BCUT2D eigenvalue weighted by molar-refractivity contribution is 8.00. The van der Waals surface area contributed by atoms with Crippen molar-refractivity contribution < 1.29 is 9.84 Å². The van der Waals surface area contributed by atoms with E-state index in [0.717, 1.165) is 4.52 Å². The van der Waals surface area contributed by atoms with E-state index < -0.39 is 11.4 Å². The van der Waals surface area contributed by atoms with Gasteiger partial charge in [-0.1, -0.05) is 0 Å². The molecule has 8 nitrogen and oxygen atoms in total. The molecule has 3 rings (SSSR count). The molecule has 96 valence electrons. The molecule has 0 unspecified atom stereocenters. The van der Waals surface area contributed by atoms with Gasteiger partial charge in [0.1, 0.15) is 11.1 Å². The van der Waals surface area contributed by atoms with E-state index in [0.29, 0.717) is 17.0 Å². The molecule has 0 aromatic carbocycles. The normalized spacial score (nSPS) is 23.8. The first-order chi connectivity index (χ1) is 8.69. The first kappa shape index (κ1) is 11.5. The van der Waals surface area contributed by atoms with E-state index in [9.17, 15) is 9.59 Å². The smallest absolute Gasteiger partial charge is 0.352 e. The zero-order valence-electron chi connectivity index (χ0n) is 9.12. The third-order valence-corrected chi connectivity index (χ3v) is 3.81. The second-order valence-electron chi connectivity index (χ2n) is 3.81. The molecular formula is C9H10N4O4S. The summed E-state index contributed by atoms with van der Waals surface area (Å²) in [6.45, 7) is -0.0719. The van der Waals surface area contributed by atoms with Gasteiger partial charge in [-0.15, -0.1) is 11.8 Å². The van der Waals surface area contributed by atoms with Crippen LogP contribution in [0.3, 0.4) is 0 Å². The van der Waals surface area contributed by atoms with Gasteiger partial charge < -0.3 is 9.84 Å². The summed E-state index contributed by atoms with van der Waals surface area (Å²) in [5, 5.41) is 12.9. The Morgan fingerprint density at radius 2 is 2.39 bits per heavy atom. The third-order valence-electron chi connectivity index (χ3n) is 2.69. The molecule has 2 atom stereocenters. The monoisotopic (exact) mass is 270 g/mol. The minimum absolute atomic E-state index is 0.0719. The number of ether oxygens (including phenoxy) is 1. The van der Waals surface area contributed by atoms with Gasteiger partial charge in [-0.25, -0.2) is 9.59 Å². The highest BCUT2D eigenvalue weighted by Crippen LogP contribution is 2.35. The van der Waals surface area contributed by atoms with Crippen molar-refractivity contribution >= 4 is 17.4 Å². The number of aliphatic hydroxyl groups is 1. The quantitative estimate of drug-likeness (QED) is 0.634. The van der Waals surface area contributed by atoms with Crippen LogP contribution in [0.5, 0.6) is 0 Å². The second-order valence-corrected chi connectivity index (χ2v) is 5.01. The van der Waals surface area contributed by atoms with Gasteiger partial charge in [-0.05, 0) is 0 Å². The zero-order chi connectivity index (χ0) is 12.7. The van der Waals surface area contributed by atoms with Gasteiger partial charge >= 0.3 is 11.4 Å². The minimum Gasteiger partial charge on any atom is -0.393 e. The summed E-state index contributed by atoms with van der Waals surface area (Å²) in [5.74, 6) is 0.640.